The minimum Gasteiger partial charge on any atom is -0.373 e. The Kier molecular flexibility index (Phi) is 4.61. The SMILES string of the molecule is O=[N+]([O-])c1ccc(NCc2nnc(-c3ccccc3)s2)c([N+](=O)[O-])c1. The molecule has 0 bridgehead atoms. The normalized spacial score (nSPS) is 10.4. The lowest BCUT2D eigenvalue weighted by Gasteiger charge is -2.04. The highest BCUT2D eigenvalue weighted by molar-refractivity contribution is 7.14. The van der Waals surface area contributed by atoms with Crippen LogP contribution in [0.4, 0.5) is 17.1 Å². The smallest absolute Gasteiger partial charge is 0.299 e. The first-order valence-electron chi connectivity index (χ1n) is 7.09. The minimum absolute atomic E-state index is 0.187. The van der Waals surface area contributed by atoms with Gasteiger partial charge in [-0.25, -0.2) is 0 Å². The lowest BCUT2D eigenvalue weighted by atomic mass is 10.2. The number of non-ortho nitro benzene ring substituents is 1. The zero-order valence-corrected chi connectivity index (χ0v) is 13.5. The van der Waals surface area contributed by atoms with E-state index in [0.717, 1.165) is 16.6 Å². The van der Waals surface area contributed by atoms with Crippen molar-refractivity contribution < 1.29 is 9.85 Å². The van der Waals surface area contributed by atoms with Gasteiger partial charge in [0.2, 0.25) is 0 Å². The van der Waals surface area contributed by atoms with Gasteiger partial charge in [-0.05, 0) is 6.07 Å². The van der Waals surface area contributed by atoms with Crippen LogP contribution in [0.1, 0.15) is 5.01 Å². The monoisotopic (exact) mass is 357 g/mol. The Morgan fingerprint density at radius 2 is 1.76 bits per heavy atom. The quantitative estimate of drug-likeness (QED) is 0.527. The van der Waals surface area contributed by atoms with Crippen LogP contribution in [-0.2, 0) is 6.54 Å². The molecule has 3 aromatic rings. The maximum Gasteiger partial charge on any atom is 0.299 e. The van der Waals surface area contributed by atoms with Crippen molar-refractivity contribution in [1.29, 1.82) is 0 Å². The van der Waals surface area contributed by atoms with Gasteiger partial charge in [-0.2, -0.15) is 0 Å². The van der Waals surface area contributed by atoms with Crippen molar-refractivity contribution in [2.24, 2.45) is 0 Å². The van der Waals surface area contributed by atoms with Crippen molar-refractivity contribution in [3.8, 4) is 10.6 Å². The van der Waals surface area contributed by atoms with Gasteiger partial charge >= 0.3 is 0 Å². The van der Waals surface area contributed by atoms with E-state index in [-0.39, 0.29) is 23.6 Å². The van der Waals surface area contributed by atoms with Crippen LogP contribution in [0.25, 0.3) is 10.6 Å². The second-order valence-corrected chi connectivity index (χ2v) is 6.00. The van der Waals surface area contributed by atoms with E-state index in [0.29, 0.717) is 5.01 Å². The van der Waals surface area contributed by atoms with Crippen LogP contribution in [0.2, 0.25) is 0 Å². The van der Waals surface area contributed by atoms with Crippen molar-refractivity contribution in [2.75, 3.05) is 5.32 Å². The molecule has 0 atom stereocenters. The van der Waals surface area contributed by atoms with E-state index in [4.69, 9.17) is 0 Å². The number of nitrogens with zero attached hydrogens (tertiary/aromatic N) is 4. The molecule has 10 heteroatoms. The molecule has 1 N–H and O–H groups in total. The first kappa shape index (κ1) is 16.5. The van der Waals surface area contributed by atoms with Crippen LogP contribution < -0.4 is 5.32 Å². The molecule has 0 unspecified atom stereocenters. The highest BCUT2D eigenvalue weighted by Crippen LogP contribution is 2.30. The molecule has 1 heterocycles. The lowest BCUT2D eigenvalue weighted by molar-refractivity contribution is -0.393. The summed E-state index contributed by atoms with van der Waals surface area (Å²) in [5, 5.41) is 34.3. The topological polar surface area (TPSA) is 124 Å². The lowest BCUT2D eigenvalue weighted by Crippen LogP contribution is -2.03. The van der Waals surface area contributed by atoms with Gasteiger partial charge < -0.3 is 5.32 Å². The van der Waals surface area contributed by atoms with E-state index in [2.05, 4.69) is 15.5 Å². The third-order valence-corrected chi connectivity index (χ3v) is 4.28. The van der Waals surface area contributed by atoms with Crippen molar-refractivity contribution in [3.63, 3.8) is 0 Å². The maximum absolute atomic E-state index is 11.1. The average Bonchev–Trinajstić information content (AvgIpc) is 3.09. The Morgan fingerprint density at radius 3 is 2.44 bits per heavy atom. The molecule has 0 aliphatic heterocycles. The Morgan fingerprint density at radius 1 is 1.00 bits per heavy atom. The molecule has 0 amide bonds. The molecule has 0 spiro atoms. The fraction of sp³-hybridized carbons (Fsp3) is 0.0667. The predicted octanol–water partition coefficient (Wildman–Crippen LogP) is 3.63. The van der Waals surface area contributed by atoms with Crippen molar-refractivity contribution in [1.82, 2.24) is 10.2 Å². The summed E-state index contributed by atoms with van der Waals surface area (Å²) in [6.45, 7) is 0.225. The zero-order chi connectivity index (χ0) is 17.8. The first-order valence-corrected chi connectivity index (χ1v) is 7.91. The number of hydrogen-bond acceptors (Lipinski definition) is 8. The van der Waals surface area contributed by atoms with E-state index < -0.39 is 9.85 Å². The second-order valence-electron chi connectivity index (χ2n) is 4.94. The predicted molar refractivity (Wildman–Crippen MR) is 92.4 cm³/mol. The largest absolute Gasteiger partial charge is 0.373 e. The van der Waals surface area contributed by atoms with E-state index >= 15 is 0 Å². The second kappa shape index (κ2) is 7.01. The van der Waals surface area contributed by atoms with Crippen LogP contribution in [0.15, 0.2) is 48.5 Å². The Balaban J connectivity index is 1.77. The molecular weight excluding hydrogens is 346 g/mol. The van der Waals surface area contributed by atoms with Gasteiger partial charge in [-0.1, -0.05) is 41.7 Å². The number of benzene rings is 2. The van der Waals surface area contributed by atoms with Gasteiger partial charge in [0.15, 0.2) is 0 Å². The fourth-order valence-corrected chi connectivity index (χ4v) is 2.91. The van der Waals surface area contributed by atoms with Crippen LogP contribution in [0, 0.1) is 20.2 Å². The number of nitro benzene ring substituents is 2. The molecule has 126 valence electrons. The van der Waals surface area contributed by atoms with Crippen molar-refractivity contribution in [2.45, 2.75) is 6.54 Å². The summed E-state index contributed by atoms with van der Waals surface area (Å²) < 4.78 is 0. The van der Waals surface area contributed by atoms with Crippen LogP contribution in [0.3, 0.4) is 0 Å². The molecule has 3 rings (SSSR count). The summed E-state index contributed by atoms with van der Waals surface area (Å²) in [4.78, 5) is 20.5. The van der Waals surface area contributed by atoms with Gasteiger partial charge in [-0.3, -0.25) is 20.2 Å². The Bertz CT molecular complexity index is 929. The number of nitro groups is 2. The number of anilines is 1. The molecule has 0 aliphatic carbocycles. The summed E-state index contributed by atoms with van der Waals surface area (Å²) in [6.07, 6.45) is 0. The van der Waals surface area contributed by atoms with Gasteiger partial charge in [0, 0.05) is 11.6 Å². The summed E-state index contributed by atoms with van der Waals surface area (Å²) in [6, 6.07) is 13.0. The molecule has 0 aliphatic rings. The van der Waals surface area contributed by atoms with E-state index in [9.17, 15) is 20.2 Å². The van der Waals surface area contributed by atoms with Crippen LogP contribution >= 0.6 is 11.3 Å². The maximum atomic E-state index is 11.1. The molecule has 9 nitrogen and oxygen atoms in total. The average molecular weight is 357 g/mol. The molecular formula is C15H11N5O4S. The van der Waals surface area contributed by atoms with Crippen LogP contribution in [-0.4, -0.2) is 20.0 Å². The molecule has 0 saturated carbocycles. The van der Waals surface area contributed by atoms with Gasteiger partial charge in [0.05, 0.1) is 22.5 Å². The minimum atomic E-state index is -0.673. The number of hydrogen-bond donors (Lipinski definition) is 1. The summed E-state index contributed by atoms with van der Waals surface area (Å²) in [5.41, 5.74) is 0.432. The highest BCUT2D eigenvalue weighted by Gasteiger charge is 2.19. The highest BCUT2D eigenvalue weighted by atomic mass is 32.1. The molecule has 0 saturated heterocycles. The first-order chi connectivity index (χ1) is 12.0. The molecule has 0 radical (unpaired) electrons. The van der Waals surface area contributed by atoms with Gasteiger partial charge in [0.25, 0.3) is 11.4 Å². The number of nitrogens with one attached hydrogen (secondary N) is 1. The van der Waals surface area contributed by atoms with E-state index in [1.807, 2.05) is 30.3 Å². The summed E-state index contributed by atoms with van der Waals surface area (Å²) in [7, 11) is 0. The third-order valence-electron chi connectivity index (χ3n) is 3.31. The number of rotatable bonds is 6. The molecule has 25 heavy (non-hydrogen) atoms. The van der Waals surface area contributed by atoms with Crippen LogP contribution in [0.5, 0.6) is 0 Å². The van der Waals surface area contributed by atoms with E-state index in [1.165, 1.54) is 23.5 Å². The zero-order valence-electron chi connectivity index (χ0n) is 12.7. The molecule has 2 aromatic carbocycles. The third kappa shape index (κ3) is 3.75. The molecule has 1 aromatic heterocycles. The van der Waals surface area contributed by atoms with E-state index in [1.54, 1.807) is 0 Å². The van der Waals surface area contributed by atoms with Crippen molar-refractivity contribution >= 4 is 28.4 Å². The summed E-state index contributed by atoms with van der Waals surface area (Å²) >= 11 is 1.36. The van der Waals surface area contributed by atoms with Gasteiger partial charge in [0.1, 0.15) is 15.7 Å². The molecule has 0 fully saturated rings. The Hall–Kier alpha value is -3.40. The summed E-state index contributed by atoms with van der Waals surface area (Å²) in [5.74, 6) is 0. The van der Waals surface area contributed by atoms with Gasteiger partial charge in [-0.15, -0.1) is 10.2 Å². The standard InChI is InChI=1S/C15H11N5O4S/c21-19(22)11-6-7-12(13(8-11)20(23)24)16-9-14-17-18-15(25-14)10-4-2-1-3-5-10/h1-8,16H,9H2. The van der Waals surface area contributed by atoms with Crippen molar-refractivity contribution in [3.05, 3.63) is 73.8 Å². The number of aromatic nitrogens is 2. The Labute approximate surface area is 145 Å². The fourth-order valence-electron chi connectivity index (χ4n) is 2.13.